The highest BCUT2D eigenvalue weighted by molar-refractivity contribution is 4.66. The summed E-state index contributed by atoms with van der Waals surface area (Å²) in [4.78, 5) is 0. The molecule has 0 spiro atoms. The highest BCUT2D eigenvalue weighted by atomic mass is 14.9. The molecule has 1 fully saturated rings. The molecule has 0 amide bonds. The molecule has 0 aromatic carbocycles. The molecule has 0 aromatic heterocycles. The van der Waals surface area contributed by atoms with E-state index in [2.05, 4.69) is 12.2 Å². The second kappa shape index (κ2) is 7.07. The first-order chi connectivity index (χ1) is 4.93. The zero-order valence-corrected chi connectivity index (χ0v) is 7.61. The van der Waals surface area contributed by atoms with Crippen LogP contribution in [0.4, 0.5) is 0 Å². The van der Waals surface area contributed by atoms with Gasteiger partial charge in [0.15, 0.2) is 0 Å². The van der Waals surface area contributed by atoms with Gasteiger partial charge in [-0.3, -0.25) is 0 Å². The second-order valence-corrected chi connectivity index (χ2v) is 2.62. The fourth-order valence-electron chi connectivity index (χ4n) is 1.27. The Morgan fingerprint density at radius 2 is 2.10 bits per heavy atom. The molecule has 0 radical (unpaired) electrons. The molecule has 1 nitrogen and oxygen atoms in total. The zero-order valence-electron chi connectivity index (χ0n) is 7.61. The fourth-order valence-corrected chi connectivity index (χ4v) is 1.27. The number of nitrogens with one attached hydrogen (secondary N) is 1. The molecule has 62 valence electrons. The van der Waals surface area contributed by atoms with Gasteiger partial charge in [0.05, 0.1) is 0 Å². The molecule has 1 rings (SSSR count). The summed E-state index contributed by atoms with van der Waals surface area (Å²) in [5.41, 5.74) is 0. The number of hydrogen-bond donors (Lipinski definition) is 1. The summed E-state index contributed by atoms with van der Waals surface area (Å²) in [7, 11) is 0. The lowest BCUT2D eigenvalue weighted by Gasteiger charge is -2.20. The maximum absolute atomic E-state index is 3.39. The molecule has 1 N–H and O–H groups in total. The number of piperidine rings is 1. The van der Waals surface area contributed by atoms with Crippen LogP contribution in [0.3, 0.4) is 0 Å². The van der Waals surface area contributed by atoms with Gasteiger partial charge in [-0.15, -0.1) is 0 Å². The van der Waals surface area contributed by atoms with Gasteiger partial charge in [0.25, 0.3) is 0 Å². The van der Waals surface area contributed by atoms with Crippen LogP contribution in [-0.2, 0) is 0 Å². The van der Waals surface area contributed by atoms with Crippen LogP contribution in [0.1, 0.15) is 40.0 Å². The topological polar surface area (TPSA) is 12.0 Å². The molecule has 0 aromatic rings. The van der Waals surface area contributed by atoms with E-state index in [1.165, 1.54) is 32.4 Å². The molecule has 1 atom stereocenters. The Hall–Kier alpha value is -0.0400. The van der Waals surface area contributed by atoms with Crippen LogP contribution in [0.15, 0.2) is 0 Å². The highest BCUT2D eigenvalue weighted by Gasteiger charge is 2.08. The number of rotatable bonds is 1. The van der Waals surface area contributed by atoms with Gasteiger partial charge in [-0.1, -0.05) is 27.2 Å². The predicted molar refractivity (Wildman–Crippen MR) is 47.2 cm³/mol. The Balaban J connectivity index is 0.000000371. The third kappa shape index (κ3) is 3.89. The Morgan fingerprint density at radius 1 is 1.40 bits per heavy atom. The maximum atomic E-state index is 3.39. The maximum Gasteiger partial charge on any atom is -0.00206 e. The summed E-state index contributed by atoms with van der Waals surface area (Å²) in [5.74, 6) is 0.976. The third-order valence-electron chi connectivity index (χ3n) is 1.98. The van der Waals surface area contributed by atoms with E-state index in [4.69, 9.17) is 0 Å². The van der Waals surface area contributed by atoms with Crippen LogP contribution in [0.5, 0.6) is 0 Å². The summed E-state index contributed by atoms with van der Waals surface area (Å²) in [6.45, 7) is 8.78. The van der Waals surface area contributed by atoms with Gasteiger partial charge in [0.1, 0.15) is 0 Å². The van der Waals surface area contributed by atoms with Crippen LogP contribution < -0.4 is 5.32 Å². The van der Waals surface area contributed by atoms with Crippen molar-refractivity contribution in [3.63, 3.8) is 0 Å². The van der Waals surface area contributed by atoms with Gasteiger partial charge in [-0.25, -0.2) is 0 Å². The lowest BCUT2D eigenvalue weighted by molar-refractivity contribution is 0.369. The summed E-state index contributed by atoms with van der Waals surface area (Å²) in [6.07, 6.45) is 4.19. The van der Waals surface area contributed by atoms with Crippen molar-refractivity contribution in [2.45, 2.75) is 40.0 Å². The summed E-state index contributed by atoms with van der Waals surface area (Å²) < 4.78 is 0. The molecular formula is C9H21N. The lowest BCUT2D eigenvalue weighted by atomic mass is 9.97. The van der Waals surface area contributed by atoms with Crippen molar-refractivity contribution in [3.8, 4) is 0 Å². The highest BCUT2D eigenvalue weighted by Crippen LogP contribution is 2.12. The standard InChI is InChI=1S/C7H15N.C2H6/c1-2-7-4-3-5-8-6-7;1-2/h7-8H,2-6H2,1H3;1-2H3/t7-;/m0./s1. The fraction of sp³-hybridized carbons (Fsp3) is 1.00. The molecule has 1 aliphatic rings. The van der Waals surface area contributed by atoms with E-state index in [0.29, 0.717) is 0 Å². The van der Waals surface area contributed by atoms with Crippen molar-refractivity contribution in [2.75, 3.05) is 13.1 Å². The van der Waals surface area contributed by atoms with Gasteiger partial charge in [-0.2, -0.15) is 0 Å². The van der Waals surface area contributed by atoms with E-state index in [0.717, 1.165) is 5.92 Å². The van der Waals surface area contributed by atoms with Crippen LogP contribution >= 0.6 is 0 Å². The first-order valence-electron chi connectivity index (χ1n) is 4.64. The molecular weight excluding hydrogens is 122 g/mol. The zero-order chi connectivity index (χ0) is 7.82. The van der Waals surface area contributed by atoms with Gasteiger partial charge in [0.2, 0.25) is 0 Å². The Bertz CT molecular complexity index is 55.7. The average molecular weight is 143 g/mol. The number of hydrogen-bond acceptors (Lipinski definition) is 1. The van der Waals surface area contributed by atoms with Crippen molar-refractivity contribution in [1.29, 1.82) is 0 Å². The molecule has 1 heteroatoms. The van der Waals surface area contributed by atoms with E-state index >= 15 is 0 Å². The monoisotopic (exact) mass is 143 g/mol. The first kappa shape index (κ1) is 9.96. The molecule has 0 unspecified atom stereocenters. The molecule has 10 heavy (non-hydrogen) atoms. The average Bonchev–Trinajstić information content (AvgIpc) is 2.10. The summed E-state index contributed by atoms with van der Waals surface area (Å²) in [6, 6.07) is 0. The van der Waals surface area contributed by atoms with Crippen LogP contribution in [0.25, 0.3) is 0 Å². The first-order valence-corrected chi connectivity index (χ1v) is 4.64. The van der Waals surface area contributed by atoms with Crippen molar-refractivity contribution in [2.24, 2.45) is 5.92 Å². The molecule has 0 bridgehead atoms. The quantitative estimate of drug-likeness (QED) is 0.594. The Morgan fingerprint density at radius 3 is 2.40 bits per heavy atom. The SMILES string of the molecule is CC.CC[C@H]1CCCNC1. The van der Waals surface area contributed by atoms with Crippen molar-refractivity contribution in [3.05, 3.63) is 0 Å². The Kier molecular flexibility index (Phi) is 7.04. The van der Waals surface area contributed by atoms with Gasteiger partial charge >= 0.3 is 0 Å². The van der Waals surface area contributed by atoms with Crippen molar-refractivity contribution < 1.29 is 0 Å². The smallest absolute Gasteiger partial charge is 0.00206 e. The largest absolute Gasteiger partial charge is 0.316 e. The Labute approximate surface area is 65.2 Å². The molecule has 1 saturated heterocycles. The van der Waals surface area contributed by atoms with E-state index in [1.54, 1.807) is 0 Å². The predicted octanol–water partition coefficient (Wildman–Crippen LogP) is 2.42. The summed E-state index contributed by atoms with van der Waals surface area (Å²) >= 11 is 0. The van der Waals surface area contributed by atoms with Crippen molar-refractivity contribution in [1.82, 2.24) is 5.32 Å². The van der Waals surface area contributed by atoms with Crippen LogP contribution in [0.2, 0.25) is 0 Å². The van der Waals surface area contributed by atoms with E-state index in [-0.39, 0.29) is 0 Å². The van der Waals surface area contributed by atoms with Crippen LogP contribution in [-0.4, -0.2) is 13.1 Å². The normalized spacial score (nSPS) is 24.9. The van der Waals surface area contributed by atoms with E-state index < -0.39 is 0 Å². The van der Waals surface area contributed by atoms with Crippen molar-refractivity contribution >= 4 is 0 Å². The molecule has 0 aliphatic carbocycles. The minimum atomic E-state index is 0.976. The van der Waals surface area contributed by atoms with Gasteiger partial charge in [0, 0.05) is 0 Å². The van der Waals surface area contributed by atoms with E-state index in [9.17, 15) is 0 Å². The van der Waals surface area contributed by atoms with E-state index in [1.807, 2.05) is 13.8 Å². The molecule has 0 saturated carbocycles. The third-order valence-corrected chi connectivity index (χ3v) is 1.98. The molecule has 1 aliphatic heterocycles. The molecule has 1 heterocycles. The summed E-state index contributed by atoms with van der Waals surface area (Å²) in [5, 5.41) is 3.39. The minimum Gasteiger partial charge on any atom is -0.316 e. The van der Waals surface area contributed by atoms with Gasteiger partial charge < -0.3 is 5.32 Å². The lowest BCUT2D eigenvalue weighted by Crippen LogP contribution is -2.29. The second-order valence-electron chi connectivity index (χ2n) is 2.62. The van der Waals surface area contributed by atoms with Crippen LogP contribution in [0, 0.1) is 5.92 Å². The minimum absolute atomic E-state index is 0.976. The van der Waals surface area contributed by atoms with Gasteiger partial charge in [-0.05, 0) is 31.8 Å².